The summed E-state index contributed by atoms with van der Waals surface area (Å²) in [6.45, 7) is 2.22. The Morgan fingerprint density at radius 2 is 2.38 bits per heavy atom. The van der Waals surface area contributed by atoms with Gasteiger partial charge in [-0.05, 0) is 19.1 Å². The third kappa shape index (κ3) is 3.61. The van der Waals surface area contributed by atoms with Gasteiger partial charge in [-0.1, -0.05) is 0 Å². The second kappa shape index (κ2) is 5.75. The number of nitrogens with one attached hydrogen (secondary N) is 1. The fraction of sp³-hybridized carbons (Fsp3) is 0.182. The molecule has 1 rings (SSSR count). The van der Waals surface area contributed by atoms with Gasteiger partial charge in [0.1, 0.15) is 11.6 Å². The van der Waals surface area contributed by atoms with E-state index >= 15 is 0 Å². The highest BCUT2D eigenvalue weighted by atomic mass is 19.1. The topological polar surface area (TPSA) is 58.6 Å². The molecule has 0 unspecified atom stereocenters. The van der Waals surface area contributed by atoms with Gasteiger partial charge in [0.25, 0.3) is 5.91 Å². The van der Waals surface area contributed by atoms with Crippen LogP contribution >= 0.6 is 0 Å². The van der Waals surface area contributed by atoms with Crippen LogP contribution in [-0.2, 0) is 9.53 Å². The Labute approximate surface area is 92.4 Å². The van der Waals surface area contributed by atoms with Crippen LogP contribution in [0.15, 0.2) is 30.5 Å². The highest BCUT2D eigenvalue weighted by Crippen LogP contribution is 2.19. The molecule has 86 valence electrons. The lowest BCUT2D eigenvalue weighted by molar-refractivity contribution is -0.112. The molecule has 5 heteroatoms. The zero-order chi connectivity index (χ0) is 12.0. The van der Waals surface area contributed by atoms with E-state index in [-0.39, 0.29) is 11.4 Å². The minimum atomic E-state index is -0.615. The number of benzene rings is 1. The first-order valence-corrected chi connectivity index (χ1v) is 4.71. The number of ether oxygens (including phenoxy) is 1. The van der Waals surface area contributed by atoms with Crippen LogP contribution in [0, 0.1) is 5.82 Å². The Hall–Kier alpha value is -2.04. The van der Waals surface area contributed by atoms with Crippen LogP contribution in [0.25, 0.3) is 0 Å². The number of carbonyl (C=O) groups is 1. The van der Waals surface area contributed by atoms with Gasteiger partial charge in [-0.15, -0.1) is 0 Å². The molecular weight excluding hydrogens is 213 g/mol. The van der Waals surface area contributed by atoms with Crippen LogP contribution in [0.3, 0.4) is 0 Å². The predicted molar refractivity (Wildman–Crippen MR) is 57.5 cm³/mol. The van der Waals surface area contributed by atoms with Crippen molar-refractivity contribution in [3.8, 4) is 5.75 Å². The first kappa shape index (κ1) is 12.0. The quantitative estimate of drug-likeness (QED) is 0.608. The summed E-state index contributed by atoms with van der Waals surface area (Å²) >= 11 is 0. The van der Waals surface area contributed by atoms with Gasteiger partial charge < -0.3 is 15.2 Å². The summed E-state index contributed by atoms with van der Waals surface area (Å²) in [7, 11) is 0. The minimum absolute atomic E-state index is 0.0776. The molecule has 1 amide bonds. The minimum Gasteiger partial charge on any atom is -0.508 e. The number of phenolic OH excluding ortho intramolecular Hbond substituents is 1. The van der Waals surface area contributed by atoms with Crippen molar-refractivity contribution in [3.63, 3.8) is 0 Å². The number of hydrogen-bond acceptors (Lipinski definition) is 3. The van der Waals surface area contributed by atoms with Crippen molar-refractivity contribution in [3.05, 3.63) is 36.4 Å². The summed E-state index contributed by atoms with van der Waals surface area (Å²) in [5, 5.41) is 11.4. The molecule has 4 nitrogen and oxygen atoms in total. The van der Waals surface area contributed by atoms with E-state index in [1.54, 1.807) is 6.92 Å². The second-order valence-electron chi connectivity index (χ2n) is 2.91. The van der Waals surface area contributed by atoms with Crippen LogP contribution in [0.2, 0.25) is 0 Å². The Morgan fingerprint density at radius 3 is 3.06 bits per heavy atom. The van der Waals surface area contributed by atoms with Gasteiger partial charge in [0.05, 0.1) is 18.6 Å². The molecule has 2 N–H and O–H groups in total. The molecule has 16 heavy (non-hydrogen) atoms. The molecule has 0 aliphatic carbocycles. The maximum Gasteiger partial charge on any atom is 0.251 e. The predicted octanol–water partition coefficient (Wildman–Crippen LogP) is 2.02. The van der Waals surface area contributed by atoms with Gasteiger partial charge in [0.15, 0.2) is 0 Å². The second-order valence-corrected chi connectivity index (χ2v) is 2.91. The van der Waals surface area contributed by atoms with E-state index < -0.39 is 11.7 Å². The monoisotopic (exact) mass is 225 g/mol. The average Bonchev–Trinajstić information content (AvgIpc) is 2.24. The molecule has 1 aromatic rings. The van der Waals surface area contributed by atoms with Crippen molar-refractivity contribution in [1.29, 1.82) is 0 Å². The lowest BCUT2D eigenvalue weighted by Gasteiger charge is -2.04. The number of phenols is 1. The van der Waals surface area contributed by atoms with Gasteiger partial charge in [-0.2, -0.15) is 0 Å². The van der Waals surface area contributed by atoms with Crippen LogP contribution in [0.1, 0.15) is 6.92 Å². The van der Waals surface area contributed by atoms with E-state index in [2.05, 4.69) is 5.32 Å². The van der Waals surface area contributed by atoms with E-state index in [4.69, 9.17) is 9.84 Å². The summed E-state index contributed by atoms with van der Waals surface area (Å²) < 4.78 is 17.9. The molecule has 0 aromatic heterocycles. The zero-order valence-electron chi connectivity index (χ0n) is 8.74. The first-order valence-electron chi connectivity index (χ1n) is 4.71. The smallest absolute Gasteiger partial charge is 0.251 e. The molecule has 0 fully saturated rings. The van der Waals surface area contributed by atoms with Gasteiger partial charge >= 0.3 is 0 Å². The molecule has 0 heterocycles. The van der Waals surface area contributed by atoms with Crippen molar-refractivity contribution in [2.45, 2.75) is 6.92 Å². The van der Waals surface area contributed by atoms with Gasteiger partial charge in [-0.3, -0.25) is 4.79 Å². The summed E-state index contributed by atoms with van der Waals surface area (Å²) in [4.78, 5) is 11.2. The SMILES string of the molecule is CCOC=CC(=O)Nc1cc(O)ccc1F. The average molecular weight is 225 g/mol. The highest BCUT2D eigenvalue weighted by Gasteiger charge is 2.05. The third-order valence-electron chi connectivity index (χ3n) is 1.69. The lowest BCUT2D eigenvalue weighted by Crippen LogP contribution is -2.09. The summed E-state index contributed by atoms with van der Waals surface area (Å²) in [6.07, 6.45) is 2.35. The number of carbonyl (C=O) groups excluding carboxylic acids is 1. The van der Waals surface area contributed by atoms with E-state index in [1.807, 2.05) is 0 Å². The number of hydrogen-bond donors (Lipinski definition) is 2. The number of aromatic hydroxyl groups is 1. The number of anilines is 1. The molecule has 1 aromatic carbocycles. The summed E-state index contributed by atoms with van der Waals surface area (Å²) in [5.74, 6) is -1.26. The summed E-state index contributed by atoms with van der Waals surface area (Å²) in [5.41, 5.74) is -0.0776. The molecule has 0 bridgehead atoms. The largest absolute Gasteiger partial charge is 0.508 e. The Balaban J connectivity index is 2.65. The molecule has 0 radical (unpaired) electrons. The van der Waals surface area contributed by atoms with Crippen LogP contribution < -0.4 is 5.32 Å². The van der Waals surface area contributed by atoms with Crippen LogP contribution in [0.5, 0.6) is 5.75 Å². The Kier molecular flexibility index (Phi) is 4.32. The molecule has 0 saturated heterocycles. The summed E-state index contributed by atoms with van der Waals surface area (Å²) in [6, 6.07) is 3.39. The molecule has 0 aliphatic rings. The number of amides is 1. The van der Waals surface area contributed by atoms with E-state index in [1.165, 1.54) is 12.3 Å². The van der Waals surface area contributed by atoms with Crippen LogP contribution in [0.4, 0.5) is 10.1 Å². The molecule has 0 aliphatic heterocycles. The van der Waals surface area contributed by atoms with E-state index in [9.17, 15) is 9.18 Å². The van der Waals surface area contributed by atoms with E-state index in [0.717, 1.165) is 18.2 Å². The molecule has 0 atom stereocenters. The standard InChI is InChI=1S/C11H12FNO3/c1-2-16-6-5-11(15)13-10-7-8(14)3-4-9(10)12/h3-7,14H,2H2,1H3,(H,13,15). The fourth-order valence-corrected chi connectivity index (χ4v) is 0.990. The molecule has 0 spiro atoms. The van der Waals surface area contributed by atoms with Gasteiger partial charge in [0.2, 0.25) is 0 Å². The lowest BCUT2D eigenvalue weighted by atomic mass is 10.3. The number of rotatable bonds is 4. The van der Waals surface area contributed by atoms with Gasteiger partial charge in [-0.25, -0.2) is 4.39 Å². The third-order valence-corrected chi connectivity index (χ3v) is 1.69. The maximum atomic E-state index is 13.1. The Bertz CT molecular complexity index is 404. The first-order chi connectivity index (χ1) is 7.63. The van der Waals surface area contributed by atoms with Crippen molar-refractivity contribution in [2.24, 2.45) is 0 Å². The Morgan fingerprint density at radius 1 is 1.62 bits per heavy atom. The molecule has 0 saturated carbocycles. The maximum absolute atomic E-state index is 13.1. The van der Waals surface area contributed by atoms with Crippen LogP contribution in [-0.4, -0.2) is 17.6 Å². The zero-order valence-corrected chi connectivity index (χ0v) is 8.74. The van der Waals surface area contributed by atoms with Crippen molar-refractivity contribution < 1.29 is 19.0 Å². The van der Waals surface area contributed by atoms with Crippen molar-refractivity contribution in [1.82, 2.24) is 0 Å². The normalized spacial score (nSPS) is 10.4. The fourth-order valence-electron chi connectivity index (χ4n) is 0.990. The van der Waals surface area contributed by atoms with Crippen molar-refractivity contribution in [2.75, 3.05) is 11.9 Å². The van der Waals surface area contributed by atoms with Gasteiger partial charge in [0, 0.05) is 12.1 Å². The van der Waals surface area contributed by atoms with Crippen molar-refractivity contribution >= 4 is 11.6 Å². The molecular formula is C11H12FNO3. The highest BCUT2D eigenvalue weighted by molar-refractivity contribution is 5.99. The van der Waals surface area contributed by atoms with E-state index in [0.29, 0.717) is 6.61 Å². The number of halogens is 1.